The summed E-state index contributed by atoms with van der Waals surface area (Å²) < 4.78 is 0. The molecule has 0 saturated heterocycles. The Morgan fingerprint density at radius 2 is 2.00 bits per heavy atom. The summed E-state index contributed by atoms with van der Waals surface area (Å²) in [6.07, 6.45) is 11.8. The number of hydrogen-bond donors (Lipinski definition) is 0. The van der Waals surface area contributed by atoms with Gasteiger partial charge in [-0.15, -0.1) is 0 Å². The summed E-state index contributed by atoms with van der Waals surface area (Å²) in [5.41, 5.74) is 0. The van der Waals surface area contributed by atoms with Crippen LogP contribution in [0.15, 0.2) is 12.2 Å². The fourth-order valence-corrected chi connectivity index (χ4v) is 1.88. The highest BCUT2D eigenvalue weighted by Gasteiger charge is 2.21. The first kappa shape index (κ1) is 5.52. The third kappa shape index (κ3) is 1.03. The molecular weight excluding hydrogens is 108 g/mol. The van der Waals surface area contributed by atoms with Gasteiger partial charge in [0.15, 0.2) is 0 Å². The fourth-order valence-electron chi connectivity index (χ4n) is 1.88. The molecule has 0 nitrogen and oxygen atoms in total. The monoisotopic (exact) mass is 121 g/mol. The highest BCUT2D eigenvalue weighted by atomic mass is 14.3. The Morgan fingerprint density at radius 1 is 1.22 bits per heavy atom. The minimum atomic E-state index is 1.03. The lowest BCUT2D eigenvalue weighted by Crippen LogP contribution is -2.07. The van der Waals surface area contributed by atoms with Gasteiger partial charge in [-0.05, 0) is 43.9 Å². The summed E-state index contributed by atoms with van der Waals surface area (Å²) in [4.78, 5) is 0. The van der Waals surface area contributed by atoms with Crippen LogP contribution in [0.2, 0.25) is 0 Å². The van der Waals surface area contributed by atoms with Crippen LogP contribution in [0.3, 0.4) is 0 Å². The van der Waals surface area contributed by atoms with Crippen LogP contribution in [-0.2, 0) is 0 Å². The molecule has 3 aliphatic carbocycles. The molecule has 0 unspecified atom stereocenters. The van der Waals surface area contributed by atoms with E-state index in [1.54, 1.807) is 5.92 Å². The van der Waals surface area contributed by atoms with Crippen LogP contribution in [0.4, 0.5) is 0 Å². The van der Waals surface area contributed by atoms with E-state index < -0.39 is 0 Å². The van der Waals surface area contributed by atoms with Gasteiger partial charge >= 0.3 is 0 Å². The van der Waals surface area contributed by atoms with E-state index in [1.165, 1.54) is 32.1 Å². The molecule has 0 aromatic rings. The van der Waals surface area contributed by atoms with Crippen molar-refractivity contribution in [3.63, 3.8) is 0 Å². The van der Waals surface area contributed by atoms with E-state index >= 15 is 0 Å². The van der Waals surface area contributed by atoms with Crippen molar-refractivity contribution in [2.75, 3.05) is 0 Å². The van der Waals surface area contributed by atoms with Gasteiger partial charge in [-0.1, -0.05) is 12.2 Å². The zero-order valence-corrected chi connectivity index (χ0v) is 5.77. The first-order chi connectivity index (χ1) is 4.45. The molecule has 0 spiro atoms. The Labute approximate surface area is 57.0 Å². The maximum atomic E-state index is 2.36. The Bertz CT molecular complexity index is 116. The van der Waals surface area contributed by atoms with Gasteiger partial charge in [0.2, 0.25) is 0 Å². The van der Waals surface area contributed by atoms with Gasteiger partial charge in [0, 0.05) is 0 Å². The number of fused-ring (bicyclic) bond motifs is 3. The number of rotatable bonds is 0. The summed E-state index contributed by atoms with van der Waals surface area (Å²) in [5, 5.41) is 0. The molecule has 2 bridgehead atoms. The molecule has 9 heavy (non-hydrogen) atoms. The van der Waals surface area contributed by atoms with Crippen molar-refractivity contribution in [3.05, 3.63) is 18.1 Å². The molecule has 1 radical (unpaired) electrons. The number of allylic oxidation sites excluding steroid dienone is 2. The van der Waals surface area contributed by atoms with Crippen LogP contribution >= 0.6 is 0 Å². The Balaban J connectivity index is 2.13. The molecule has 49 valence electrons. The highest BCUT2D eigenvalue weighted by Crippen LogP contribution is 2.36. The van der Waals surface area contributed by atoms with Crippen molar-refractivity contribution in [3.8, 4) is 0 Å². The maximum absolute atomic E-state index is 2.36. The molecule has 0 atom stereocenters. The van der Waals surface area contributed by atoms with Crippen molar-refractivity contribution >= 4 is 0 Å². The van der Waals surface area contributed by atoms with Crippen molar-refractivity contribution in [2.24, 2.45) is 5.92 Å². The molecule has 0 amide bonds. The Hall–Kier alpha value is -0.260. The second kappa shape index (κ2) is 2.17. The zero-order valence-electron chi connectivity index (χ0n) is 5.77. The second-order valence-corrected chi connectivity index (χ2v) is 3.24. The van der Waals surface area contributed by atoms with Gasteiger partial charge in [0.05, 0.1) is 0 Å². The first-order valence-electron chi connectivity index (χ1n) is 3.96. The van der Waals surface area contributed by atoms with E-state index in [0.29, 0.717) is 0 Å². The van der Waals surface area contributed by atoms with E-state index in [1.807, 2.05) is 0 Å². The normalized spacial score (nSPS) is 28.9. The molecule has 0 heterocycles. The predicted octanol–water partition coefficient (Wildman–Crippen LogP) is 2.71. The molecule has 0 aromatic carbocycles. The molecule has 3 aliphatic rings. The topological polar surface area (TPSA) is 0 Å². The van der Waals surface area contributed by atoms with Crippen molar-refractivity contribution in [1.82, 2.24) is 0 Å². The van der Waals surface area contributed by atoms with Crippen molar-refractivity contribution in [1.29, 1.82) is 0 Å². The minimum Gasteiger partial charge on any atom is -0.0877 e. The van der Waals surface area contributed by atoms with Crippen LogP contribution in [0.25, 0.3) is 0 Å². The summed E-state index contributed by atoms with van der Waals surface area (Å²) in [6, 6.07) is 0. The van der Waals surface area contributed by atoms with E-state index in [0.717, 1.165) is 5.92 Å². The SMILES string of the molecule is C1=C[C]2CCC(C1)CC2. The largest absolute Gasteiger partial charge is 0.0877 e. The van der Waals surface area contributed by atoms with Gasteiger partial charge < -0.3 is 0 Å². The molecule has 1 fully saturated rings. The average molecular weight is 121 g/mol. The van der Waals surface area contributed by atoms with Crippen molar-refractivity contribution in [2.45, 2.75) is 32.1 Å². The molecular formula is C9H13. The molecule has 0 aromatic heterocycles. The summed E-state index contributed by atoms with van der Waals surface area (Å²) in [7, 11) is 0. The minimum absolute atomic E-state index is 1.03. The molecule has 3 rings (SSSR count). The van der Waals surface area contributed by atoms with E-state index in [-0.39, 0.29) is 0 Å². The zero-order chi connectivity index (χ0) is 6.10. The summed E-state index contributed by atoms with van der Waals surface area (Å²) in [5.74, 6) is 2.73. The fraction of sp³-hybridized carbons (Fsp3) is 0.667. The van der Waals surface area contributed by atoms with Gasteiger partial charge in [-0.2, -0.15) is 0 Å². The second-order valence-electron chi connectivity index (χ2n) is 3.24. The van der Waals surface area contributed by atoms with Crippen molar-refractivity contribution < 1.29 is 0 Å². The van der Waals surface area contributed by atoms with Gasteiger partial charge in [-0.25, -0.2) is 0 Å². The highest BCUT2D eigenvalue weighted by molar-refractivity contribution is 5.15. The van der Waals surface area contributed by atoms with E-state index in [4.69, 9.17) is 0 Å². The third-order valence-electron chi connectivity index (χ3n) is 2.57. The smallest absolute Gasteiger partial charge is 0.00271 e. The van der Waals surface area contributed by atoms with Crippen LogP contribution in [-0.4, -0.2) is 0 Å². The molecule has 0 aliphatic heterocycles. The lowest BCUT2D eigenvalue weighted by molar-refractivity contribution is 0.403. The predicted molar refractivity (Wildman–Crippen MR) is 39.0 cm³/mol. The first-order valence-corrected chi connectivity index (χ1v) is 3.96. The lowest BCUT2D eigenvalue weighted by atomic mass is 9.84. The van der Waals surface area contributed by atoms with Gasteiger partial charge in [-0.3, -0.25) is 0 Å². The molecule has 0 N–H and O–H groups in total. The van der Waals surface area contributed by atoms with E-state index in [2.05, 4.69) is 12.2 Å². The summed E-state index contributed by atoms with van der Waals surface area (Å²) >= 11 is 0. The van der Waals surface area contributed by atoms with Crippen LogP contribution in [0, 0.1) is 11.8 Å². The van der Waals surface area contributed by atoms with Crippen LogP contribution in [0.5, 0.6) is 0 Å². The Kier molecular flexibility index (Phi) is 1.33. The van der Waals surface area contributed by atoms with Gasteiger partial charge in [0.1, 0.15) is 0 Å². The van der Waals surface area contributed by atoms with Gasteiger partial charge in [0.25, 0.3) is 0 Å². The Morgan fingerprint density at radius 3 is 2.78 bits per heavy atom. The standard InChI is InChI=1S/C9H13/c1-2-8-4-6-9(3-1)7-5-8/h1-2,9H,3-7H2. The molecule has 1 saturated carbocycles. The average Bonchev–Trinajstić information content (AvgIpc) is 2.21. The summed E-state index contributed by atoms with van der Waals surface area (Å²) in [6.45, 7) is 0. The number of hydrogen-bond acceptors (Lipinski definition) is 0. The quantitative estimate of drug-likeness (QED) is 0.462. The lowest BCUT2D eigenvalue weighted by Gasteiger charge is -2.21. The van der Waals surface area contributed by atoms with Crippen LogP contribution < -0.4 is 0 Å². The molecule has 0 heteroatoms. The van der Waals surface area contributed by atoms with Crippen LogP contribution in [0.1, 0.15) is 32.1 Å². The van der Waals surface area contributed by atoms with E-state index in [9.17, 15) is 0 Å². The maximum Gasteiger partial charge on any atom is -0.00271 e. The third-order valence-corrected chi connectivity index (χ3v) is 2.57.